The SMILES string of the molecule is N#CCN(C(=O)O)c1cccc(Cl)c1. The molecule has 0 bridgehead atoms. The molecular formula is C9H7ClN2O2. The van der Waals surface area contributed by atoms with E-state index in [0.29, 0.717) is 10.7 Å². The molecule has 0 saturated heterocycles. The summed E-state index contributed by atoms with van der Waals surface area (Å²) in [7, 11) is 0. The minimum atomic E-state index is -1.17. The van der Waals surface area contributed by atoms with Crippen LogP contribution in [0.2, 0.25) is 5.02 Å². The van der Waals surface area contributed by atoms with E-state index in [1.54, 1.807) is 24.3 Å². The Bertz CT molecular complexity index is 387. The molecule has 0 fully saturated rings. The summed E-state index contributed by atoms with van der Waals surface area (Å²) in [6.45, 7) is -0.213. The minimum Gasteiger partial charge on any atom is -0.465 e. The summed E-state index contributed by atoms with van der Waals surface area (Å²) in [5.74, 6) is 0. The molecule has 5 heteroatoms. The van der Waals surface area contributed by atoms with Crippen molar-refractivity contribution in [2.45, 2.75) is 0 Å². The first-order valence-corrected chi connectivity index (χ1v) is 4.16. The number of hydrogen-bond acceptors (Lipinski definition) is 2. The number of hydrogen-bond donors (Lipinski definition) is 1. The Morgan fingerprint density at radius 1 is 1.64 bits per heavy atom. The topological polar surface area (TPSA) is 64.3 Å². The summed E-state index contributed by atoms with van der Waals surface area (Å²) in [5.41, 5.74) is 0.395. The van der Waals surface area contributed by atoms with Gasteiger partial charge in [0.25, 0.3) is 0 Å². The summed E-state index contributed by atoms with van der Waals surface area (Å²) in [6.07, 6.45) is -1.17. The zero-order valence-electron chi connectivity index (χ0n) is 7.14. The van der Waals surface area contributed by atoms with Gasteiger partial charge in [-0.15, -0.1) is 0 Å². The van der Waals surface area contributed by atoms with E-state index in [4.69, 9.17) is 22.0 Å². The van der Waals surface area contributed by atoms with Crippen molar-refractivity contribution in [3.63, 3.8) is 0 Å². The van der Waals surface area contributed by atoms with Gasteiger partial charge in [-0.1, -0.05) is 17.7 Å². The number of nitriles is 1. The van der Waals surface area contributed by atoms with Gasteiger partial charge in [-0.2, -0.15) is 5.26 Å². The number of carboxylic acid groups (broad SMARTS) is 1. The predicted octanol–water partition coefficient (Wildman–Crippen LogP) is 2.35. The third kappa shape index (κ3) is 2.38. The monoisotopic (exact) mass is 210 g/mol. The van der Waals surface area contributed by atoms with E-state index in [-0.39, 0.29) is 6.54 Å². The lowest BCUT2D eigenvalue weighted by molar-refractivity contribution is 0.202. The number of anilines is 1. The highest BCUT2D eigenvalue weighted by atomic mass is 35.5. The number of nitrogens with zero attached hydrogens (tertiary/aromatic N) is 2. The largest absolute Gasteiger partial charge is 0.465 e. The van der Waals surface area contributed by atoms with Gasteiger partial charge in [-0.05, 0) is 18.2 Å². The molecule has 4 nitrogen and oxygen atoms in total. The lowest BCUT2D eigenvalue weighted by atomic mass is 10.3. The Balaban J connectivity index is 3.00. The van der Waals surface area contributed by atoms with Crippen LogP contribution in [0.5, 0.6) is 0 Å². The summed E-state index contributed by atoms with van der Waals surface area (Å²) >= 11 is 5.69. The first kappa shape index (κ1) is 10.4. The highest BCUT2D eigenvalue weighted by molar-refractivity contribution is 6.30. The Hall–Kier alpha value is -1.73. The first-order valence-electron chi connectivity index (χ1n) is 3.78. The van der Waals surface area contributed by atoms with Crippen LogP contribution in [-0.4, -0.2) is 17.7 Å². The van der Waals surface area contributed by atoms with Gasteiger partial charge in [-0.3, -0.25) is 4.90 Å². The first-order chi connectivity index (χ1) is 6.65. The molecule has 1 amide bonds. The molecular weight excluding hydrogens is 204 g/mol. The Morgan fingerprint density at radius 2 is 2.36 bits per heavy atom. The van der Waals surface area contributed by atoms with Crippen LogP contribution in [0, 0.1) is 11.3 Å². The third-order valence-electron chi connectivity index (χ3n) is 1.58. The molecule has 0 atom stereocenters. The molecule has 0 unspecified atom stereocenters. The molecule has 1 aromatic carbocycles. The number of benzene rings is 1. The molecule has 0 radical (unpaired) electrons. The van der Waals surface area contributed by atoms with Crippen LogP contribution < -0.4 is 4.90 Å². The lowest BCUT2D eigenvalue weighted by Gasteiger charge is -2.15. The van der Waals surface area contributed by atoms with Gasteiger partial charge in [0.15, 0.2) is 0 Å². The highest BCUT2D eigenvalue weighted by Gasteiger charge is 2.13. The number of carbonyl (C=O) groups is 1. The molecule has 0 spiro atoms. The molecule has 14 heavy (non-hydrogen) atoms. The summed E-state index contributed by atoms with van der Waals surface area (Å²) in [6, 6.07) is 8.11. The zero-order chi connectivity index (χ0) is 10.6. The minimum absolute atomic E-state index is 0.213. The van der Waals surface area contributed by atoms with Gasteiger partial charge in [-0.25, -0.2) is 4.79 Å². The van der Waals surface area contributed by atoms with Gasteiger partial charge < -0.3 is 5.11 Å². The molecule has 0 aliphatic carbocycles. The fourth-order valence-electron chi connectivity index (χ4n) is 0.984. The Morgan fingerprint density at radius 3 is 2.86 bits per heavy atom. The van der Waals surface area contributed by atoms with Gasteiger partial charge in [0.1, 0.15) is 6.54 Å². The standard InChI is InChI=1S/C9H7ClN2O2/c10-7-2-1-3-8(6-7)12(5-4-11)9(13)14/h1-3,6H,5H2,(H,13,14). The number of halogens is 1. The van der Waals surface area contributed by atoms with Crippen molar-refractivity contribution in [3.8, 4) is 6.07 Å². The van der Waals surface area contributed by atoms with E-state index in [1.807, 2.05) is 0 Å². The van der Waals surface area contributed by atoms with Crippen LogP contribution in [0.3, 0.4) is 0 Å². The van der Waals surface area contributed by atoms with E-state index < -0.39 is 6.09 Å². The second kappa shape index (κ2) is 4.49. The summed E-state index contributed by atoms with van der Waals surface area (Å²) in [4.78, 5) is 11.7. The van der Waals surface area contributed by atoms with Crippen molar-refractivity contribution in [1.29, 1.82) is 5.26 Å². The molecule has 0 heterocycles. The second-order valence-corrected chi connectivity index (χ2v) is 2.94. The quantitative estimate of drug-likeness (QED) is 0.762. The third-order valence-corrected chi connectivity index (χ3v) is 1.81. The zero-order valence-corrected chi connectivity index (χ0v) is 7.90. The second-order valence-electron chi connectivity index (χ2n) is 2.51. The highest BCUT2D eigenvalue weighted by Crippen LogP contribution is 2.19. The number of rotatable bonds is 2. The van der Waals surface area contributed by atoms with Crippen LogP contribution in [0.15, 0.2) is 24.3 Å². The fourth-order valence-corrected chi connectivity index (χ4v) is 1.17. The lowest BCUT2D eigenvalue weighted by Crippen LogP contribution is -2.29. The van der Waals surface area contributed by atoms with Gasteiger partial charge >= 0.3 is 6.09 Å². The van der Waals surface area contributed by atoms with Gasteiger partial charge in [0.05, 0.1) is 6.07 Å². The normalized spacial score (nSPS) is 9.14. The van der Waals surface area contributed by atoms with E-state index in [2.05, 4.69) is 0 Å². The van der Waals surface area contributed by atoms with Gasteiger partial charge in [0.2, 0.25) is 0 Å². The smallest absolute Gasteiger partial charge is 0.412 e. The average Bonchev–Trinajstić information content (AvgIpc) is 2.13. The van der Waals surface area contributed by atoms with Crippen molar-refractivity contribution in [2.24, 2.45) is 0 Å². The maximum absolute atomic E-state index is 10.7. The average molecular weight is 211 g/mol. The maximum atomic E-state index is 10.7. The molecule has 1 aromatic rings. The van der Waals surface area contributed by atoms with Crippen molar-refractivity contribution in [2.75, 3.05) is 11.4 Å². The Kier molecular flexibility index (Phi) is 3.32. The van der Waals surface area contributed by atoms with Crippen molar-refractivity contribution >= 4 is 23.4 Å². The van der Waals surface area contributed by atoms with E-state index in [0.717, 1.165) is 4.90 Å². The van der Waals surface area contributed by atoms with E-state index in [9.17, 15) is 4.79 Å². The Labute approximate surface area is 85.9 Å². The molecule has 1 rings (SSSR count). The molecule has 0 saturated carbocycles. The fraction of sp³-hybridized carbons (Fsp3) is 0.111. The van der Waals surface area contributed by atoms with Crippen molar-refractivity contribution in [1.82, 2.24) is 0 Å². The van der Waals surface area contributed by atoms with Crippen LogP contribution in [-0.2, 0) is 0 Å². The molecule has 0 aromatic heterocycles. The van der Waals surface area contributed by atoms with E-state index in [1.165, 1.54) is 6.07 Å². The van der Waals surface area contributed by atoms with Crippen LogP contribution >= 0.6 is 11.6 Å². The van der Waals surface area contributed by atoms with Crippen LogP contribution in [0.4, 0.5) is 10.5 Å². The van der Waals surface area contributed by atoms with Gasteiger partial charge in [0, 0.05) is 10.7 Å². The molecule has 0 aliphatic heterocycles. The van der Waals surface area contributed by atoms with Crippen LogP contribution in [0.25, 0.3) is 0 Å². The molecule has 72 valence electrons. The van der Waals surface area contributed by atoms with Crippen molar-refractivity contribution < 1.29 is 9.90 Å². The number of amides is 1. The summed E-state index contributed by atoms with van der Waals surface area (Å²) in [5, 5.41) is 17.6. The van der Waals surface area contributed by atoms with Crippen molar-refractivity contribution in [3.05, 3.63) is 29.3 Å². The molecule has 0 aliphatic rings. The maximum Gasteiger partial charge on any atom is 0.412 e. The van der Waals surface area contributed by atoms with E-state index >= 15 is 0 Å². The molecule has 1 N–H and O–H groups in total. The van der Waals surface area contributed by atoms with Crippen LogP contribution in [0.1, 0.15) is 0 Å². The predicted molar refractivity (Wildman–Crippen MR) is 52.4 cm³/mol. The summed E-state index contributed by atoms with van der Waals surface area (Å²) < 4.78 is 0.